The molecule has 15 nitrogen and oxygen atoms in total. The van der Waals surface area contributed by atoms with Crippen LogP contribution >= 0.6 is 0 Å². The summed E-state index contributed by atoms with van der Waals surface area (Å²) < 4.78 is 50.9. The summed E-state index contributed by atoms with van der Waals surface area (Å²) in [5.41, 5.74) is 2.28. The molecule has 2 aromatic carbocycles. The topological polar surface area (TPSA) is 202 Å². The number of aliphatic hydroxyl groups is 3. The Hall–Kier alpha value is -3.50. The molecule has 0 radical (unpaired) electrons. The van der Waals surface area contributed by atoms with Gasteiger partial charge in [-0.1, -0.05) is 23.4 Å². The van der Waals surface area contributed by atoms with E-state index >= 15 is 0 Å². The van der Waals surface area contributed by atoms with Crippen LogP contribution in [0.4, 0.5) is 5.69 Å². The van der Waals surface area contributed by atoms with Crippen LogP contribution in [0.2, 0.25) is 0 Å². The number of nitrogens with one attached hydrogen (secondary N) is 1. The Morgan fingerprint density at radius 1 is 1.11 bits per heavy atom. The number of nitrogens with zero attached hydrogens (tertiary/aromatic N) is 5. The van der Waals surface area contributed by atoms with Crippen LogP contribution in [0, 0.1) is 11.3 Å². The summed E-state index contributed by atoms with van der Waals surface area (Å²) in [6, 6.07) is 13.4. The normalized spacial score (nSPS) is 24.3. The minimum atomic E-state index is -4.06. The van der Waals surface area contributed by atoms with Crippen LogP contribution in [-0.2, 0) is 41.9 Å². The van der Waals surface area contributed by atoms with Gasteiger partial charge in [-0.15, -0.1) is 5.10 Å². The average Bonchev–Trinajstić information content (AvgIpc) is 3.52. The molecule has 46 heavy (non-hydrogen) atoms. The minimum absolute atomic E-state index is 0.0398. The molecule has 3 aromatic rings. The highest BCUT2D eigenvalue weighted by molar-refractivity contribution is 7.93. The SMILES string of the molecule is CO[C@H]1O[C@H](Cn2cc(CCOCCNS(=O)(=O)/C(C#N)=C/c3ccc4cc(N5CCOCC5)ccc4c3)nn2)[C@@H](O)[C@H](O)[C@H]1O. The quantitative estimate of drug-likeness (QED) is 0.139. The first-order valence-electron chi connectivity index (χ1n) is 14.9. The molecule has 0 saturated carbocycles. The molecule has 248 valence electrons. The maximum atomic E-state index is 12.8. The fraction of sp³-hybridized carbons (Fsp3) is 0.500. The van der Waals surface area contributed by atoms with Gasteiger partial charge in [0.25, 0.3) is 10.0 Å². The largest absolute Gasteiger partial charge is 0.388 e. The first kappa shape index (κ1) is 33.9. The van der Waals surface area contributed by atoms with Gasteiger partial charge in [-0.25, -0.2) is 17.8 Å². The van der Waals surface area contributed by atoms with E-state index in [1.165, 1.54) is 17.9 Å². The zero-order valence-electron chi connectivity index (χ0n) is 25.3. The molecule has 1 aromatic heterocycles. The number of anilines is 1. The van der Waals surface area contributed by atoms with E-state index in [2.05, 4.69) is 26.0 Å². The van der Waals surface area contributed by atoms with Crippen molar-refractivity contribution >= 4 is 32.6 Å². The Morgan fingerprint density at radius 3 is 2.63 bits per heavy atom. The second kappa shape index (κ2) is 15.4. The number of aliphatic hydroxyl groups excluding tert-OH is 3. The molecular weight excluding hydrogens is 620 g/mol. The summed E-state index contributed by atoms with van der Waals surface area (Å²) in [6.45, 7) is 3.36. The van der Waals surface area contributed by atoms with E-state index < -0.39 is 45.6 Å². The fourth-order valence-electron chi connectivity index (χ4n) is 5.27. The highest BCUT2D eigenvalue weighted by Gasteiger charge is 2.44. The number of nitriles is 1. The third kappa shape index (κ3) is 8.25. The van der Waals surface area contributed by atoms with Crippen molar-refractivity contribution in [2.75, 3.05) is 58.1 Å². The number of sulfonamides is 1. The van der Waals surface area contributed by atoms with E-state index in [1.54, 1.807) is 18.3 Å². The minimum Gasteiger partial charge on any atom is -0.388 e. The zero-order valence-corrected chi connectivity index (χ0v) is 26.1. The molecule has 0 unspecified atom stereocenters. The molecule has 5 atom stereocenters. The van der Waals surface area contributed by atoms with Crippen LogP contribution in [0.3, 0.4) is 0 Å². The third-order valence-corrected chi connectivity index (χ3v) is 9.19. The number of methoxy groups -OCH3 is 1. The molecule has 2 aliphatic heterocycles. The van der Waals surface area contributed by atoms with Gasteiger partial charge in [-0.3, -0.25) is 0 Å². The summed E-state index contributed by atoms with van der Waals surface area (Å²) >= 11 is 0. The third-order valence-electron chi connectivity index (χ3n) is 7.82. The highest BCUT2D eigenvalue weighted by Crippen LogP contribution is 2.25. The summed E-state index contributed by atoms with van der Waals surface area (Å²) in [7, 11) is -2.74. The monoisotopic (exact) mass is 658 g/mol. The van der Waals surface area contributed by atoms with E-state index in [9.17, 15) is 29.0 Å². The summed E-state index contributed by atoms with van der Waals surface area (Å²) in [4.78, 5) is 1.86. The van der Waals surface area contributed by atoms with Crippen molar-refractivity contribution in [2.24, 2.45) is 0 Å². The number of hydrogen-bond donors (Lipinski definition) is 4. The number of ether oxygens (including phenoxy) is 4. The molecule has 3 heterocycles. The predicted molar refractivity (Wildman–Crippen MR) is 166 cm³/mol. The predicted octanol–water partition coefficient (Wildman–Crippen LogP) is -0.235. The van der Waals surface area contributed by atoms with Gasteiger partial charge in [0.2, 0.25) is 0 Å². The highest BCUT2D eigenvalue weighted by atomic mass is 32.2. The van der Waals surface area contributed by atoms with E-state index in [1.807, 2.05) is 24.3 Å². The van der Waals surface area contributed by atoms with Crippen LogP contribution in [0.5, 0.6) is 0 Å². The number of morpholine rings is 1. The van der Waals surface area contributed by atoms with Gasteiger partial charge in [-0.05, 0) is 40.6 Å². The lowest BCUT2D eigenvalue weighted by Crippen LogP contribution is -2.58. The zero-order chi connectivity index (χ0) is 32.7. The van der Waals surface area contributed by atoms with Crippen LogP contribution in [-0.4, -0.2) is 123 Å². The van der Waals surface area contributed by atoms with Crippen LogP contribution < -0.4 is 9.62 Å². The van der Waals surface area contributed by atoms with Crippen molar-refractivity contribution < 1.29 is 42.7 Å². The number of rotatable bonds is 13. The molecule has 2 saturated heterocycles. The van der Waals surface area contributed by atoms with Gasteiger partial charge in [-0.2, -0.15) is 5.26 Å². The molecule has 2 fully saturated rings. The average molecular weight is 659 g/mol. The number of fused-ring (bicyclic) bond motifs is 1. The van der Waals surface area contributed by atoms with Crippen molar-refractivity contribution in [1.82, 2.24) is 19.7 Å². The van der Waals surface area contributed by atoms with Gasteiger partial charge in [0.1, 0.15) is 30.5 Å². The number of allylic oxidation sites excluding steroid dienone is 1. The molecule has 5 rings (SSSR count). The van der Waals surface area contributed by atoms with Crippen molar-refractivity contribution in [2.45, 2.75) is 43.7 Å². The molecular formula is C30H38N6O9S. The molecule has 0 spiro atoms. The van der Waals surface area contributed by atoms with E-state index in [-0.39, 0.29) is 26.3 Å². The Labute approximate surface area is 266 Å². The first-order valence-corrected chi connectivity index (χ1v) is 16.3. The second-order valence-corrected chi connectivity index (χ2v) is 12.7. The van der Waals surface area contributed by atoms with Gasteiger partial charge in [0.05, 0.1) is 38.7 Å². The lowest BCUT2D eigenvalue weighted by Gasteiger charge is -2.39. The van der Waals surface area contributed by atoms with Gasteiger partial charge in [0.15, 0.2) is 11.2 Å². The maximum Gasteiger partial charge on any atom is 0.250 e. The second-order valence-electron chi connectivity index (χ2n) is 11.0. The maximum absolute atomic E-state index is 12.8. The van der Waals surface area contributed by atoms with E-state index in [4.69, 9.17) is 18.9 Å². The number of aromatic nitrogens is 3. The van der Waals surface area contributed by atoms with Crippen molar-refractivity contribution in [3.05, 3.63) is 58.8 Å². The van der Waals surface area contributed by atoms with Crippen LogP contribution in [0.1, 0.15) is 11.3 Å². The van der Waals surface area contributed by atoms with E-state index in [0.29, 0.717) is 30.9 Å². The molecule has 4 N–H and O–H groups in total. The van der Waals surface area contributed by atoms with Gasteiger partial charge >= 0.3 is 0 Å². The van der Waals surface area contributed by atoms with Crippen LogP contribution in [0.15, 0.2) is 47.5 Å². The van der Waals surface area contributed by atoms with Gasteiger partial charge < -0.3 is 39.2 Å². The lowest BCUT2D eigenvalue weighted by molar-refractivity contribution is -0.292. The van der Waals surface area contributed by atoms with Crippen molar-refractivity contribution in [3.8, 4) is 6.07 Å². The van der Waals surface area contributed by atoms with E-state index in [0.717, 1.165) is 29.5 Å². The van der Waals surface area contributed by atoms with Gasteiger partial charge in [0, 0.05) is 45.0 Å². The molecule has 2 aliphatic rings. The fourth-order valence-corrected chi connectivity index (χ4v) is 6.19. The summed E-state index contributed by atoms with van der Waals surface area (Å²) in [5.74, 6) is 0. The summed E-state index contributed by atoms with van der Waals surface area (Å²) in [5, 5.41) is 49.8. The Morgan fingerprint density at radius 2 is 1.87 bits per heavy atom. The van der Waals surface area contributed by atoms with Crippen molar-refractivity contribution in [3.63, 3.8) is 0 Å². The van der Waals surface area contributed by atoms with Crippen LogP contribution in [0.25, 0.3) is 16.8 Å². The molecule has 16 heteroatoms. The molecule has 0 aliphatic carbocycles. The first-order chi connectivity index (χ1) is 22.2. The Kier molecular flexibility index (Phi) is 11.3. The molecule has 0 bridgehead atoms. The summed E-state index contributed by atoms with van der Waals surface area (Å²) in [6.07, 6.45) is -2.80. The number of hydrogen-bond acceptors (Lipinski definition) is 13. The lowest BCUT2D eigenvalue weighted by atomic mass is 9.99. The Bertz CT molecular complexity index is 1650. The Balaban J connectivity index is 1.07. The smallest absolute Gasteiger partial charge is 0.250 e. The number of benzene rings is 2. The molecule has 0 amide bonds. The van der Waals surface area contributed by atoms with Crippen molar-refractivity contribution in [1.29, 1.82) is 5.26 Å². The standard InChI is InChI=1S/C30H38N6O9S/c1-42-30-29(39)28(38)27(37)26(45-30)19-36-18-23(33-34-36)6-10-43-11-7-32-46(40,41)25(17-31)15-20-2-3-22-16-24(5-4-21(22)14-20)35-8-12-44-13-9-35/h2-5,14-16,18,26-30,32,37-39H,6-13,19H2,1H3/b25-15+/t26-,27-,28+,29-,30+/m1/s1.